The fourth-order valence-electron chi connectivity index (χ4n) is 3.12. The van der Waals surface area contributed by atoms with E-state index in [1.54, 1.807) is 12.1 Å². The van der Waals surface area contributed by atoms with Crippen molar-refractivity contribution in [2.24, 2.45) is 0 Å². The summed E-state index contributed by atoms with van der Waals surface area (Å²) >= 11 is 0. The van der Waals surface area contributed by atoms with Crippen molar-refractivity contribution in [1.29, 1.82) is 5.26 Å². The second-order valence-corrected chi connectivity index (χ2v) is 6.43. The Hall–Kier alpha value is -4.37. The second-order valence-electron chi connectivity index (χ2n) is 6.43. The Kier molecular flexibility index (Phi) is 5.02. The van der Waals surface area contributed by atoms with Crippen LogP contribution in [0, 0.1) is 23.0 Å². The molecule has 156 valence electrons. The third-order valence-corrected chi connectivity index (χ3v) is 4.48. The maximum absolute atomic E-state index is 13.9. The number of aliphatic hydroxyl groups excluding tert-OH is 1. The summed E-state index contributed by atoms with van der Waals surface area (Å²) in [6.45, 7) is -0.601. The van der Waals surface area contributed by atoms with Crippen molar-refractivity contribution < 1.29 is 13.9 Å². The van der Waals surface area contributed by atoms with E-state index in [2.05, 4.69) is 20.3 Å². The molecule has 10 nitrogen and oxygen atoms in total. The zero-order valence-corrected chi connectivity index (χ0v) is 15.7. The number of halogens is 2. The van der Waals surface area contributed by atoms with Crippen LogP contribution < -0.4 is 16.7 Å². The molecule has 3 heterocycles. The van der Waals surface area contributed by atoms with Crippen LogP contribution in [0.4, 0.5) is 20.4 Å². The smallest absolute Gasteiger partial charge is 0.339 e. The van der Waals surface area contributed by atoms with E-state index in [1.165, 1.54) is 10.6 Å². The van der Waals surface area contributed by atoms with Gasteiger partial charge in [-0.15, -0.1) is 0 Å². The van der Waals surface area contributed by atoms with Crippen LogP contribution in [0.3, 0.4) is 0 Å². The van der Waals surface area contributed by atoms with Crippen LogP contribution in [-0.2, 0) is 0 Å². The van der Waals surface area contributed by atoms with Crippen molar-refractivity contribution in [2.75, 3.05) is 17.7 Å². The minimum atomic E-state index is -1.10. The van der Waals surface area contributed by atoms with Gasteiger partial charge in [-0.05, 0) is 24.3 Å². The molecule has 12 heteroatoms. The number of nitrogens with zero attached hydrogens (tertiary/aromatic N) is 6. The Bertz CT molecular complexity index is 1370. The number of nitrogens with one attached hydrogen (secondary N) is 1. The van der Waals surface area contributed by atoms with Gasteiger partial charge in [0.05, 0.1) is 12.3 Å². The van der Waals surface area contributed by atoms with Gasteiger partial charge in [-0.1, -0.05) is 0 Å². The van der Waals surface area contributed by atoms with Crippen molar-refractivity contribution in [3.8, 4) is 11.8 Å². The van der Waals surface area contributed by atoms with Gasteiger partial charge in [-0.3, -0.25) is 4.40 Å². The van der Waals surface area contributed by atoms with Crippen LogP contribution in [0.25, 0.3) is 11.3 Å². The molecule has 0 aliphatic heterocycles. The third kappa shape index (κ3) is 3.53. The number of nitrogen functional groups attached to an aromatic ring is 1. The number of nitrogens with two attached hydrogens (primary N) is 1. The van der Waals surface area contributed by atoms with Gasteiger partial charge < -0.3 is 16.2 Å². The third-order valence-electron chi connectivity index (χ3n) is 4.48. The van der Waals surface area contributed by atoms with E-state index in [1.807, 2.05) is 6.07 Å². The molecule has 4 rings (SSSR count). The van der Waals surface area contributed by atoms with E-state index in [9.17, 15) is 23.9 Å². The summed E-state index contributed by atoms with van der Waals surface area (Å²) in [6, 6.07) is 6.48. The fraction of sp³-hybridized carbons (Fsp3) is 0.105. The average molecular weight is 424 g/mol. The van der Waals surface area contributed by atoms with E-state index >= 15 is 0 Å². The number of nitriles is 1. The van der Waals surface area contributed by atoms with Gasteiger partial charge in [-0.25, -0.2) is 33.1 Å². The summed E-state index contributed by atoms with van der Waals surface area (Å²) in [5.41, 5.74) is 5.06. The minimum absolute atomic E-state index is 0.00414. The molecule has 1 unspecified atom stereocenters. The van der Waals surface area contributed by atoms with Gasteiger partial charge in [0.25, 0.3) is 0 Å². The summed E-state index contributed by atoms with van der Waals surface area (Å²) in [6.07, 6.45) is 2.56. The molecule has 0 amide bonds. The van der Waals surface area contributed by atoms with Gasteiger partial charge >= 0.3 is 5.69 Å². The largest absolute Gasteiger partial charge is 0.394 e. The molecule has 1 aromatic carbocycles. The van der Waals surface area contributed by atoms with Crippen molar-refractivity contribution >= 4 is 17.3 Å². The van der Waals surface area contributed by atoms with E-state index in [4.69, 9.17) is 5.73 Å². The van der Waals surface area contributed by atoms with Crippen LogP contribution in [0.2, 0.25) is 0 Å². The predicted octanol–water partition coefficient (Wildman–Crippen LogP) is 1.15. The molecule has 0 radical (unpaired) electrons. The van der Waals surface area contributed by atoms with Gasteiger partial charge in [-0.2, -0.15) is 5.26 Å². The van der Waals surface area contributed by atoms with Crippen LogP contribution in [0.5, 0.6) is 0 Å². The highest BCUT2D eigenvalue weighted by Gasteiger charge is 2.23. The highest BCUT2D eigenvalue weighted by molar-refractivity contribution is 5.62. The summed E-state index contributed by atoms with van der Waals surface area (Å²) in [4.78, 5) is 25.2. The summed E-state index contributed by atoms with van der Waals surface area (Å²) in [7, 11) is 0. The zero-order chi connectivity index (χ0) is 22.1. The van der Waals surface area contributed by atoms with Crippen molar-refractivity contribution in [3.63, 3.8) is 0 Å². The molecule has 0 aliphatic rings. The molecular weight excluding hydrogens is 410 g/mol. The highest BCUT2D eigenvalue weighted by Crippen LogP contribution is 2.23. The molecule has 31 heavy (non-hydrogen) atoms. The molecule has 4 aromatic rings. The van der Waals surface area contributed by atoms with E-state index in [-0.39, 0.29) is 34.4 Å². The quantitative estimate of drug-likeness (QED) is 0.432. The zero-order valence-electron chi connectivity index (χ0n) is 15.7. The Labute approximate surface area is 172 Å². The first kappa shape index (κ1) is 19.9. The lowest BCUT2D eigenvalue weighted by atomic mass is 10.2. The molecule has 1 atom stereocenters. The topological polar surface area (TPSA) is 147 Å². The minimum Gasteiger partial charge on any atom is -0.394 e. The van der Waals surface area contributed by atoms with Gasteiger partial charge in [0.15, 0.2) is 0 Å². The van der Waals surface area contributed by atoms with Gasteiger partial charge in [0, 0.05) is 12.3 Å². The first-order valence-corrected chi connectivity index (χ1v) is 8.87. The Morgan fingerprint density at radius 3 is 2.68 bits per heavy atom. The van der Waals surface area contributed by atoms with Gasteiger partial charge in [0.1, 0.15) is 58.7 Å². The maximum atomic E-state index is 13.9. The molecular formula is C19H14F2N8O2. The number of fused-ring (bicyclic) bond motifs is 1. The number of hydrogen-bond acceptors (Lipinski definition) is 8. The lowest BCUT2D eigenvalue weighted by Gasteiger charge is -2.21. The average Bonchev–Trinajstić information content (AvgIpc) is 3.20. The molecule has 4 N–H and O–H groups in total. The summed E-state index contributed by atoms with van der Waals surface area (Å²) < 4.78 is 29.9. The van der Waals surface area contributed by atoms with Crippen LogP contribution >= 0.6 is 0 Å². The molecule has 0 saturated carbocycles. The molecule has 0 saturated heterocycles. The Balaban J connectivity index is 1.94. The van der Waals surface area contributed by atoms with E-state index < -0.39 is 30.0 Å². The first-order chi connectivity index (χ1) is 14.9. The molecule has 0 aliphatic carbocycles. The standard InChI is InChI=1S/C19H14F2N8O2/c20-10-4-11(21)6-12(5-10)29-18(27-15-2-1-3-28(15)19(29)31)14(8-30)26-17-13(7-22)16(23)24-9-25-17/h1-6,9,14,30H,8H2,(H3,23,24,25,26). The summed E-state index contributed by atoms with van der Waals surface area (Å²) in [5, 5.41) is 22.2. The Morgan fingerprint density at radius 1 is 1.26 bits per heavy atom. The molecule has 0 fully saturated rings. The van der Waals surface area contributed by atoms with Crippen LogP contribution in [0.1, 0.15) is 17.4 Å². The summed E-state index contributed by atoms with van der Waals surface area (Å²) in [5.74, 6) is -1.95. The normalized spacial score (nSPS) is 11.9. The number of aliphatic hydroxyl groups is 1. The van der Waals surface area contributed by atoms with Crippen molar-refractivity contribution in [2.45, 2.75) is 6.04 Å². The molecule has 3 aromatic heterocycles. The first-order valence-electron chi connectivity index (χ1n) is 8.87. The number of rotatable bonds is 5. The molecule has 0 bridgehead atoms. The number of benzene rings is 1. The van der Waals surface area contributed by atoms with E-state index in [0.29, 0.717) is 6.07 Å². The second kappa shape index (κ2) is 7.81. The number of aromatic nitrogens is 5. The van der Waals surface area contributed by atoms with Gasteiger partial charge in [0.2, 0.25) is 0 Å². The maximum Gasteiger partial charge on any atom is 0.339 e. The molecule has 0 spiro atoms. The Morgan fingerprint density at radius 2 is 2.00 bits per heavy atom. The van der Waals surface area contributed by atoms with Crippen LogP contribution in [-0.4, -0.2) is 35.6 Å². The SMILES string of the molecule is N#Cc1c(N)ncnc1NC(CO)c1nc2cccn2c(=O)n1-c1cc(F)cc(F)c1. The van der Waals surface area contributed by atoms with Crippen LogP contribution in [0.15, 0.2) is 47.7 Å². The number of anilines is 2. The monoisotopic (exact) mass is 424 g/mol. The lowest BCUT2D eigenvalue weighted by molar-refractivity contribution is 0.270. The fourth-order valence-corrected chi connectivity index (χ4v) is 3.12. The predicted molar refractivity (Wildman–Crippen MR) is 105 cm³/mol. The number of hydrogen-bond donors (Lipinski definition) is 3. The van der Waals surface area contributed by atoms with Crippen molar-refractivity contribution in [3.05, 3.63) is 76.4 Å². The highest BCUT2D eigenvalue weighted by atomic mass is 19.1. The van der Waals surface area contributed by atoms with Crippen molar-refractivity contribution in [1.82, 2.24) is 23.9 Å². The lowest BCUT2D eigenvalue weighted by Crippen LogP contribution is -2.33. The van der Waals surface area contributed by atoms with E-state index in [0.717, 1.165) is 23.0 Å².